The Bertz CT molecular complexity index is 654. The average molecular weight is 283 g/mol. The summed E-state index contributed by atoms with van der Waals surface area (Å²) in [6.45, 7) is 1.66. The summed E-state index contributed by atoms with van der Waals surface area (Å²) in [7, 11) is 0. The fraction of sp³-hybridized carbons (Fsp3) is 0.235. The summed E-state index contributed by atoms with van der Waals surface area (Å²) in [6, 6.07) is 15.1. The molecule has 2 aromatic carbocycles. The molecule has 0 spiro atoms. The Morgan fingerprint density at radius 2 is 1.95 bits per heavy atom. The number of nitrogen functional groups attached to an aromatic ring is 1. The van der Waals surface area contributed by atoms with E-state index >= 15 is 0 Å². The summed E-state index contributed by atoms with van der Waals surface area (Å²) in [6.07, 6.45) is 1.03. The van der Waals surface area contributed by atoms with Crippen LogP contribution in [0.5, 0.6) is 0 Å². The van der Waals surface area contributed by atoms with Crippen molar-refractivity contribution < 1.29 is 4.39 Å². The van der Waals surface area contributed by atoms with Gasteiger partial charge in [-0.1, -0.05) is 30.3 Å². The highest BCUT2D eigenvalue weighted by molar-refractivity contribution is 5.95. The molecule has 1 aliphatic heterocycles. The second kappa shape index (κ2) is 5.56. The normalized spacial score (nSPS) is 18.0. The molecule has 0 amide bonds. The van der Waals surface area contributed by atoms with Gasteiger partial charge in [0.2, 0.25) is 0 Å². The van der Waals surface area contributed by atoms with Gasteiger partial charge >= 0.3 is 0 Å². The van der Waals surface area contributed by atoms with E-state index < -0.39 is 0 Å². The van der Waals surface area contributed by atoms with Crippen LogP contribution >= 0.6 is 0 Å². The molecule has 1 heterocycles. The Kier molecular flexibility index (Phi) is 3.60. The van der Waals surface area contributed by atoms with Gasteiger partial charge in [0.1, 0.15) is 11.7 Å². The van der Waals surface area contributed by atoms with Gasteiger partial charge in [0.05, 0.1) is 5.69 Å². The van der Waals surface area contributed by atoms with Crippen LogP contribution in [0.15, 0.2) is 48.5 Å². The number of rotatable bonds is 3. The van der Waals surface area contributed by atoms with Crippen molar-refractivity contribution in [3.8, 4) is 0 Å². The lowest BCUT2D eigenvalue weighted by Crippen LogP contribution is -2.21. The molecule has 0 aromatic heterocycles. The van der Waals surface area contributed by atoms with Gasteiger partial charge in [0, 0.05) is 24.6 Å². The maximum atomic E-state index is 14.2. The zero-order valence-corrected chi connectivity index (χ0v) is 11.7. The standard InChI is InChI=1S/C17H18FN3/c18-15-10-13(17(19)20)6-7-16(15)21-9-8-14(11-21)12-4-2-1-3-5-12/h1-7,10,14H,8-9,11H2,(H3,19,20). The van der Waals surface area contributed by atoms with Crippen LogP contribution < -0.4 is 10.6 Å². The fourth-order valence-corrected chi connectivity index (χ4v) is 2.91. The SMILES string of the molecule is N=C(N)c1ccc(N2CCC(c3ccccc3)C2)c(F)c1. The summed E-state index contributed by atoms with van der Waals surface area (Å²) < 4.78 is 14.2. The molecule has 21 heavy (non-hydrogen) atoms. The Labute approximate surface area is 123 Å². The fourth-order valence-electron chi connectivity index (χ4n) is 2.91. The van der Waals surface area contributed by atoms with Crippen LogP contribution in [0.3, 0.4) is 0 Å². The third-order valence-corrected chi connectivity index (χ3v) is 4.06. The molecule has 108 valence electrons. The van der Waals surface area contributed by atoms with Crippen LogP contribution in [0, 0.1) is 11.2 Å². The van der Waals surface area contributed by atoms with Crippen molar-refractivity contribution in [2.75, 3.05) is 18.0 Å². The van der Waals surface area contributed by atoms with Crippen LogP contribution in [0.4, 0.5) is 10.1 Å². The molecule has 0 radical (unpaired) electrons. The molecule has 4 heteroatoms. The zero-order valence-electron chi connectivity index (χ0n) is 11.7. The number of amidine groups is 1. The van der Waals surface area contributed by atoms with Gasteiger partial charge in [-0.05, 0) is 30.2 Å². The summed E-state index contributed by atoms with van der Waals surface area (Å²) in [5.74, 6) is 0.0264. The molecule has 3 nitrogen and oxygen atoms in total. The quantitative estimate of drug-likeness (QED) is 0.672. The first kappa shape index (κ1) is 13.6. The number of nitrogens with two attached hydrogens (primary N) is 1. The Hall–Kier alpha value is -2.36. The van der Waals surface area contributed by atoms with E-state index in [-0.39, 0.29) is 11.7 Å². The predicted octanol–water partition coefficient (Wildman–Crippen LogP) is 3.10. The van der Waals surface area contributed by atoms with Gasteiger partial charge in [-0.3, -0.25) is 5.41 Å². The Morgan fingerprint density at radius 3 is 2.62 bits per heavy atom. The molecule has 0 bridgehead atoms. The number of halogens is 1. The number of nitrogens with zero attached hydrogens (tertiary/aromatic N) is 1. The van der Waals surface area contributed by atoms with Crippen molar-refractivity contribution in [1.82, 2.24) is 0 Å². The van der Waals surface area contributed by atoms with Gasteiger partial charge in [-0.2, -0.15) is 0 Å². The topological polar surface area (TPSA) is 53.1 Å². The zero-order chi connectivity index (χ0) is 14.8. The van der Waals surface area contributed by atoms with Gasteiger partial charge in [0.25, 0.3) is 0 Å². The Balaban J connectivity index is 1.79. The molecule has 0 aliphatic carbocycles. The monoisotopic (exact) mass is 283 g/mol. The minimum absolute atomic E-state index is 0.107. The van der Waals surface area contributed by atoms with Crippen molar-refractivity contribution in [3.63, 3.8) is 0 Å². The van der Waals surface area contributed by atoms with Crippen LogP contribution in [-0.2, 0) is 0 Å². The third kappa shape index (κ3) is 2.75. The first-order valence-electron chi connectivity index (χ1n) is 7.09. The van der Waals surface area contributed by atoms with E-state index in [2.05, 4.69) is 17.0 Å². The summed E-state index contributed by atoms with van der Waals surface area (Å²) in [4.78, 5) is 2.07. The van der Waals surface area contributed by atoms with E-state index in [1.54, 1.807) is 12.1 Å². The molecule has 1 unspecified atom stereocenters. The molecule has 1 aliphatic rings. The van der Waals surface area contributed by atoms with Crippen LogP contribution in [-0.4, -0.2) is 18.9 Å². The average Bonchev–Trinajstić information content (AvgIpc) is 2.97. The maximum absolute atomic E-state index is 14.2. The van der Waals surface area contributed by atoms with E-state index in [9.17, 15) is 4.39 Å². The number of hydrogen-bond donors (Lipinski definition) is 2. The Morgan fingerprint density at radius 1 is 1.19 bits per heavy atom. The highest BCUT2D eigenvalue weighted by Gasteiger charge is 2.25. The van der Waals surface area contributed by atoms with E-state index in [4.69, 9.17) is 11.1 Å². The van der Waals surface area contributed by atoms with Crippen molar-refractivity contribution >= 4 is 11.5 Å². The predicted molar refractivity (Wildman–Crippen MR) is 83.4 cm³/mol. The summed E-state index contributed by atoms with van der Waals surface area (Å²) in [5.41, 5.74) is 7.72. The van der Waals surface area contributed by atoms with Crippen molar-refractivity contribution in [3.05, 3.63) is 65.5 Å². The van der Waals surface area contributed by atoms with Gasteiger partial charge in [0.15, 0.2) is 0 Å². The van der Waals surface area contributed by atoms with Crippen LogP contribution in [0.25, 0.3) is 0 Å². The van der Waals surface area contributed by atoms with Crippen molar-refractivity contribution in [2.45, 2.75) is 12.3 Å². The van der Waals surface area contributed by atoms with E-state index in [1.807, 2.05) is 18.2 Å². The maximum Gasteiger partial charge on any atom is 0.147 e. The van der Waals surface area contributed by atoms with Crippen LogP contribution in [0.1, 0.15) is 23.5 Å². The van der Waals surface area contributed by atoms with Crippen LogP contribution in [0.2, 0.25) is 0 Å². The smallest absolute Gasteiger partial charge is 0.147 e. The number of anilines is 1. The van der Waals surface area contributed by atoms with E-state index in [1.165, 1.54) is 11.6 Å². The molecule has 1 fully saturated rings. The van der Waals surface area contributed by atoms with Gasteiger partial charge < -0.3 is 10.6 Å². The highest BCUT2D eigenvalue weighted by Crippen LogP contribution is 2.32. The minimum Gasteiger partial charge on any atom is -0.384 e. The van der Waals surface area contributed by atoms with Gasteiger partial charge in [-0.25, -0.2) is 4.39 Å². The number of benzene rings is 2. The molecule has 3 rings (SSSR count). The van der Waals surface area contributed by atoms with Crippen molar-refractivity contribution in [2.24, 2.45) is 5.73 Å². The molecule has 3 N–H and O–H groups in total. The second-order valence-corrected chi connectivity index (χ2v) is 5.42. The molecule has 2 aromatic rings. The first-order chi connectivity index (χ1) is 10.1. The first-order valence-corrected chi connectivity index (χ1v) is 7.09. The largest absolute Gasteiger partial charge is 0.384 e. The lowest BCUT2D eigenvalue weighted by atomic mass is 9.99. The number of nitrogens with one attached hydrogen (secondary N) is 1. The minimum atomic E-state index is -0.309. The van der Waals surface area contributed by atoms with E-state index in [0.29, 0.717) is 17.2 Å². The number of hydrogen-bond acceptors (Lipinski definition) is 2. The highest BCUT2D eigenvalue weighted by atomic mass is 19.1. The molecule has 1 saturated heterocycles. The molecular weight excluding hydrogens is 265 g/mol. The molecule has 1 atom stereocenters. The summed E-state index contributed by atoms with van der Waals surface area (Å²) >= 11 is 0. The molecule has 0 saturated carbocycles. The summed E-state index contributed by atoms with van der Waals surface area (Å²) in [5, 5.41) is 7.35. The van der Waals surface area contributed by atoms with E-state index in [0.717, 1.165) is 19.5 Å². The lowest BCUT2D eigenvalue weighted by molar-refractivity contribution is 0.622. The van der Waals surface area contributed by atoms with Crippen molar-refractivity contribution in [1.29, 1.82) is 5.41 Å². The molecular formula is C17H18FN3. The third-order valence-electron chi connectivity index (χ3n) is 4.06. The second-order valence-electron chi connectivity index (χ2n) is 5.42. The van der Waals surface area contributed by atoms with Gasteiger partial charge in [-0.15, -0.1) is 0 Å². The lowest BCUT2D eigenvalue weighted by Gasteiger charge is -2.20.